The minimum absolute atomic E-state index is 0.184. The van der Waals surface area contributed by atoms with Gasteiger partial charge >= 0.3 is 0 Å². The number of amides is 2. The number of hydrogen-bond acceptors (Lipinski definition) is 4. The van der Waals surface area contributed by atoms with Crippen molar-refractivity contribution < 1.29 is 18.5 Å². The molecule has 2 amide bonds. The van der Waals surface area contributed by atoms with Gasteiger partial charge in [0.2, 0.25) is 0 Å². The normalized spacial score (nSPS) is 10.4. The van der Waals surface area contributed by atoms with Crippen LogP contribution in [0.1, 0.15) is 32.2 Å². The Hall–Kier alpha value is -3.48. The summed E-state index contributed by atoms with van der Waals surface area (Å²) in [6.07, 6.45) is 0. The van der Waals surface area contributed by atoms with Gasteiger partial charge in [-0.2, -0.15) is 0 Å². The third-order valence-corrected chi connectivity index (χ3v) is 3.63. The summed E-state index contributed by atoms with van der Waals surface area (Å²) in [5, 5.41) is 9.07. The fourth-order valence-corrected chi connectivity index (χ4v) is 2.26. The van der Waals surface area contributed by atoms with E-state index in [1.54, 1.807) is 43.3 Å². The number of benzene rings is 2. The maximum absolute atomic E-state index is 12.9. The molecule has 7 heteroatoms. The SMILES string of the molecule is Cc1cc(C(=O)Nc2ccc(C(=O)NCc3ccc(F)cc3)cc2)no1. The van der Waals surface area contributed by atoms with Gasteiger partial charge in [-0.25, -0.2) is 4.39 Å². The predicted octanol–water partition coefficient (Wildman–Crippen LogP) is 3.30. The Morgan fingerprint density at radius 2 is 1.73 bits per heavy atom. The number of rotatable bonds is 5. The lowest BCUT2D eigenvalue weighted by Crippen LogP contribution is -2.22. The Bertz CT molecular complexity index is 918. The lowest BCUT2D eigenvalue weighted by atomic mass is 10.1. The molecule has 2 N–H and O–H groups in total. The van der Waals surface area contributed by atoms with E-state index in [9.17, 15) is 14.0 Å². The van der Waals surface area contributed by atoms with E-state index in [0.717, 1.165) is 5.56 Å². The van der Waals surface area contributed by atoms with Crippen LogP contribution in [0.3, 0.4) is 0 Å². The van der Waals surface area contributed by atoms with E-state index in [2.05, 4.69) is 15.8 Å². The molecule has 0 radical (unpaired) electrons. The van der Waals surface area contributed by atoms with Gasteiger partial charge in [0.25, 0.3) is 11.8 Å². The molecule has 0 aliphatic rings. The van der Waals surface area contributed by atoms with Gasteiger partial charge < -0.3 is 15.2 Å². The van der Waals surface area contributed by atoms with Crippen LogP contribution in [-0.4, -0.2) is 17.0 Å². The molecular formula is C19H16FN3O3. The number of nitrogens with zero attached hydrogens (tertiary/aromatic N) is 1. The number of hydrogen-bond donors (Lipinski definition) is 2. The topological polar surface area (TPSA) is 84.2 Å². The third-order valence-electron chi connectivity index (χ3n) is 3.63. The highest BCUT2D eigenvalue weighted by Crippen LogP contribution is 2.12. The second-order valence-electron chi connectivity index (χ2n) is 5.66. The number of nitrogens with one attached hydrogen (secondary N) is 2. The first kappa shape index (κ1) is 17.3. The van der Waals surface area contributed by atoms with Crippen molar-refractivity contribution in [3.05, 3.63) is 83.0 Å². The molecule has 132 valence electrons. The first-order valence-corrected chi connectivity index (χ1v) is 7.88. The Kier molecular flexibility index (Phi) is 5.07. The fraction of sp³-hybridized carbons (Fsp3) is 0.105. The Morgan fingerprint density at radius 3 is 2.35 bits per heavy atom. The molecule has 0 saturated heterocycles. The van der Waals surface area contributed by atoms with Crippen molar-refractivity contribution in [1.82, 2.24) is 10.5 Å². The molecule has 0 unspecified atom stereocenters. The Balaban J connectivity index is 1.57. The molecule has 0 bridgehead atoms. The largest absolute Gasteiger partial charge is 0.361 e. The second kappa shape index (κ2) is 7.60. The van der Waals surface area contributed by atoms with E-state index in [1.807, 2.05) is 0 Å². The zero-order chi connectivity index (χ0) is 18.5. The van der Waals surface area contributed by atoms with Gasteiger partial charge in [0, 0.05) is 23.9 Å². The van der Waals surface area contributed by atoms with Crippen molar-refractivity contribution in [2.75, 3.05) is 5.32 Å². The van der Waals surface area contributed by atoms with E-state index >= 15 is 0 Å². The van der Waals surface area contributed by atoms with Gasteiger partial charge in [-0.15, -0.1) is 0 Å². The van der Waals surface area contributed by atoms with Crippen LogP contribution in [0.2, 0.25) is 0 Å². The summed E-state index contributed by atoms with van der Waals surface area (Å²) < 4.78 is 17.7. The van der Waals surface area contributed by atoms with Crippen LogP contribution in [0.25, 0.3) is 0 Å². The van der Waals surface area contributed by atoms with E-state index in [-0.39, 0.29) is 17.4 Å². The monoisotopic (exact) mass is 353 g/mol. The zero-order valence-corrected chi connectivity index (χ0v) is 14.0. The van der Waals surface area contributed by atoms with Crippen molar-refractivity contribution in [2.45, 2.75) is 13.5 Å². The smallest absolute Gasteiger partial charge is 0.277 e. The lowest BCUT2D eigenvalue weighted by molar-refractivity contribution is 0.0950. The predicted molar refractivity (Wildman–Crippen MR) is 93.2 cm³/mol. The van der Waals surface area contributed by atoms with Crippen LogP contribution < -0.4 is 10.6 Å². The minimum atomic E-state index is -0.393. The van der Waals surface area contributed by atoms with E-state index in [4.69, 9.17) is 4.52 Å². The van der Waals surface area contributed by atoms with Crippen molar-refractivity contribution in [3.8, 4) is 0 Å². The number of carbonyl (C=O) groups excluding carboxylic acids is 2. The molecule has 0 fully saturated rings. The van der Waals surface area contributed by atoms with Crippen LogP contribution >= 0.6 is 0 Å². The summed E-state index contributed by atoms with van der Waals surface area (Å²) in [5.41, 5.74) is 1.96. The highest BCUT2D eigenvalue weighted by Gasteiger charge is 2.11. The van der Waals surface area contributed by atoms with E-state index in [1.165, 1.54) is 18.2 Å². The average molecular weight is 353 g/mol. The van der Waals surface area contributed by atoms with Gasteiger partial charge in [0.1, 0.15) is 11.6 Å². The van der Waals surface area contributed by atoms with Gasteiger partial charge in [-0.3, -0.25) is 9.59 Å². The zero-order valence-electron chi connectivity index (χ0n) is 14.0. The molecule has 3 aromatic rings. The van der Waals surface area contributed by atoms with E-state index in [0.29, 0.717) is 23.6 Å². The van der Waals surface area contributed by atoms with Crippen molar-refractivity contribution in [1.29, 1.82) is 0 Å². The second-order valence-corrected chi connectivity index (χ2v) is 5.66. The first-order valence-electron chi connectivity index (χ1n) is 7.88. The quantitative estimate of drug-likeness (QED) is 0.737. The fourth-order valence-electron chi connectivity index (χ4n) is 2.26. The Morgan fingerprint density at radius 1 is 1.04 bits per heavy atom. The number of aromatic nitrogens is 1. The highest BCUT2D eigenvalue weighted by atomic mass is 19.1. The summed E-state index contributed by atoms with van der Waals surface area (Å²) in [7, 11) is 0. The van der Waals surface area contributed by atoms with Gasteiger partial charge in [0.05, 0.1) is 0 Å². The van der Waals surface area contributed by atoms with Crippen LogP contribution in [0.4, 0.5) is 10.1 Å². The Labute approximate surface area is 149 Å². The standard InChI is InChI=1S/C19H16FN3O3/c1-12-10-17(23-26-12)19(25)22-16-8-4-14(5-9-16)18(24)21-11-13-2-6-15(20)7-3-13/h2-10H,11H2,1H3,(H,21,24)(H,22,25). The molecular weight excluding hydrogens is 337 g/mol. The van der Waals surface area contributed by atoms with Crippen LogP contribution in [-0.2, 0) is 6.54 Å². The summed E-state index contributed by atoms with van der Waals surface area (Å²) >= 11 is 0. The molecule has 0 aliphatic carbocycles. The van der Waals surface area contributed by atoms with Crippen LogP contribution in [0, 0.1) is 12.7 Å². The molecule has 0 spiro atoms. The summed E-state index contributed by atoms with van der Waals surface area (Å²) in [6.45, 7) is 1.99. The van der Waals surface area contributed by atoms with Crippen molar-refractivity contribution in [3.63, 3.8) is 0 Å². The summed E-state index contributed by atoms with van der Waals surface area (Å²) in [5.74, 6) is -0.434. The molecule has 6 nitrogen and oxygen atoms in total. The molecule has 0 saturated carbocycles. The van der Waals surface area contributed by atoms with Gasteiger partial charge in [0.15, 0.2) is 5.69 Å². The molecule has 1 aromatic heterocycles. The molecule has 0 aliphatic heterocycles. The average Bonchev–Trinajstić information content (AvgIpc) is 3.08. The minimum Gasteiger partial charge on any atom is -0.361 e. The summed E-state index contributed by atoms with van der Waals surface area (Å²) in [4.78, 5) is 24.1. The number of aryl methyl sites for hydroxylation is 1. The van der Waals surface area contributed by atoms with Crippen LogP contribution in [0.15, 0.2) is 59.1 Å². The molecule has 0 atom stereocenters. The third kappa shape index (κ3) is 4.32. The maximum Gasteiger partial charge on any atom is 0.277 e. The lowest BCUT2D eigenvalue weighted by Gasteiger charge is -2.07. The molecule has 3 rings (SSSR count). The van der Waals surface area contributed by atoms with Crippen molar-refractivity contribution in [2.24, 2.45) is 0 Å². The molecule has 1 heterocycles. The number of halogens is 1. The number of carbonyl (C=O) groups is 2. The molecule has 26 heavy (non-hydrogen) atoms. The first-order chi connectivity index (χ1) is 12.5. The number of anilines is 1. The van der Waals surface area contributed by atoms with Gasteiger partial charge in [-0.05, 0) is 48.9 Å². The van der Waals surface area contributed by atoms with Gasteiger partial charge in [-0.1, -0.05) is 17.3 Å². The maximum atomic E-state index is 12.9. The van der Waals surface area contributed by atoms with E-state index < -0.39 is 5.91 Å². The highest BCUT2D eigenvalue weighted by molar-refractivity contribution is 6.03. The summed E-state index contributed by atoms with van der Waals surface area (Å²) in [6, 6.07) is 13.9. The van der Waals surface area contributed by atoms with Crippen molar-refractivity contribution >= 4 is 17.5 Å². The molecule has 2 aromatic carbocycles. The van der Waals surface area contributed by atoms with Crippen LogP contribution in [0.5, 0.6) is 0 Å².